The van der Waals surface area contributed by atoms with Crippen molar-refractivity contribution in [2.24, 2.45) is 0 Å². The van der Waals surface area contributed by atoms with Gasteiger partial charge in [0.15, 0.2) is 17.3 Å². The topological polar surface area (TPSA) is 92.3 Å². The van der Waals surface area contributed by atoms with Gasteiger partial charge in [-0.2, -0.15) is 0 Å². The van der Waals surface area contributed by atoms with E-state index >= 15 is 0 Å². The summed E-state index contributed by atoms with van der Waals surface area (Å²) in [5.74, 6) is -0.241. The molecule has 0 bridgehead atoms. The highest BCUT2D eigenvalue weighted by molar-refractivity contribution is 6.05. The second kappa shape index (κ2) is 23.3. The zero-order valence-electron chi connectivity index (χ0n) is 46.5. The number of ketones is 3. The van der Waals surface area contributed by atoms with E-state index in [0.29, 0.717) is 28.7 Å². The summed E-state index contributed by atoms with van der Waals surface area (Å²) in [4.78, 5) is 48.6. The Morgan fingerprint density at radius 3 is 1.04 bits per heavy atom. The van der Waals surface area contributed by atoms with Crippen LogP contribution in [0.15, 0.2) is 194 Å². The van der Waals surface area contributed by atoms with Gasteiger partial charge in [-0.25, -0.2) is 0 Å². The molecule has 6 heteroatoms. The minimum atomic E-state index is -0.199. The molecule has 76 heavy (non-hydrogen) atoms. The summed E-state index contributed by atoms with van der Waals surface area (Å²) in [6.07, 6.45) is 1.36. The number of anilines is 2. The van der Waals surface area contributed by atoms with Gasteiger partial charge < -0.3 is 10.6 Å². The van der Waals surface area contributed by atoms with Crippen molar-refractivity contribution in [3.05, 3.63) is 272 Å². The van der Waals surface area contributed by atoms with E-state index in [1.54, 1.807) is 48.5 Å². The largest absolute Gasteiger partial charge is 0.388 e. The second-order valence-corrected chi connectivity index (χ2v) is 22.1. The zero-order chi connectivity index (χ0) is 55.0. The van der Waals surface area contributed by atoms with Crippen molar-refractivity contribution < 1.29 is 19.2 Å². The number of benzene rings is 8. The summed E-state index contributed by atoms with van der Waals surface area (Å²) in [5, 5.41) is 6.13. The minimum absolute atomic E-state index is 0.0129. The molecule has 8 rings (SSSR count). The highest BCUT2D eigenvalue weighted by Gasteiger charge is 2.29. The Hall–Kier alpha value is -7.96. The first kappa shape index (κ1) is 55.8. The van der Waals surface area contributed by atoms with Gasteiger partial charge in [0.2, 0.25) is 0 Å². The van der Waals surface area contributed by atoms with E-state index in [0.717, 1.165) is 23.4 Å². The lowest BCUT2D eigenvalue weighted by molar-refractivity contribution is 0.0989. The molecule has 1 amide bonds. The predicted molar refractivity (Wildman–Crippen MR) is 315 cm³/mol. The van der Waals surface area contributed by atoms with Gasteiger partial charge in [-0.3, -0.25) is 19.2 Å². The Bertz CT molecular complexity index is 3290. The summed E-state index contributed by atoms with van der Waals surface area (Å²) in [7, 11) is 1.93. The van der Waals surface area contributed by atoms with E-state index in [1.807, 2.05) is 31.3 Å². The van der Waals surface area contributed by atoms with E-state index in [9.17, 15) is 19.2 Å². The molecule has 8 aromatic rings. The van der Waals surface area contributed by atoms with Crippen molar-refractivity contribution in [2.45, 2.75) is 111 Å². The molecule has 8 aromatic carbocycles. The molecule has 2 N–H and O–H groups in total. The molecule has 0 aliphatic carbocycles. The summed E-state index contributed by atoms with van der Waals surface area (Å²) >= 11 is 0. The molecule has 0 saturated carbocycles. The number of amides is 1. The van der Waals surface area contributed by atoms with Crippen LogP contribution >= 0.6 is 0 Å². The normalized spacial score (nSPS) is 11.7. The summed E-state index contributed by atoms with van der Waals surface area (Å²) in [6, 6.07) is 65.5. The fourth-order valence-electron chi connectivity index (χ4n) is 9.75. The second-order valence-electron chi connectivity index (χ2n) is 22.1. The lowest BCUT2D eigenvalue weighted by Crippen LogP contribution is -2.21. The van der Waals surface area contributed by atoms with Crippen LogP contribution in [0.25, 0.3) is 0 Å². The zero-order valence-corrected chi connectivity index (χ0v) is 46.5. The van der Waals surface area contributed by atoms with Crippen molar-refractivity contribution in [3.63, 3.8) is 0 Å². The summed E-state index contributed by atoms with van der Waals surface area (Å²) in [5.41, 5.74) is 15.8. The Balaban J connectivity index is 0.000000221. The molecular formula is C70H74N2O4. The summed E-state index contributed by atoms with van der Waals surface area (Å²) in [6.45, 7) is 23.2. The van der Waals surface area contributed by atoms with Crippen LogP contribution in [-0.4, -0.2) is 30.3 Å². The van der Waals surface area contributed by atoms with Crippen molar-refractivity contribution in [1.82, 2.24) is 0 Å². The fraction of sp³-hybridized carbons (Fsp3) is 0.257. The Morgan fingerprint density at radius 2 is 0.684 bits per heavy atom. The monoisotopic (exact) mass is 1010 g/mol. The van der Waals surface area contributed by atoms with E-state index < -0.39 is 0 Å². The van der Waals surface area contributed by atoms with Crippen molar-refractivity contribution in [1.29, 1.82) is 0 Å². The molecule has 0 spiro atoms. The van der Waals surface area contributed by atoms with E-state index in [-0.39, 0.29) is 44.9 Å². The molecule has 0 aliphatic rings. The number of Topliss-reactive ketones (excluding diaryl/α,β-unsaturated/α-hetero) is 3. The number of carbonyl (C=O) groups excluding carboxylic acids is 4. The van der Waals surface area contributed by atoms with Crippen LogP contribution in [0.5, 0.6) is 0 Å². The van der Waals surface area contributed by atoms with E-state index in [2.05, 4.69) is 194 Å². The Morgan fingerprint density at radius 1 is 0.368 bits per heavy atom. The molecule has 0 aromatic heterocycles. The third-order valence-electron chi connectivity index (χ3n) is 15.7. The maximum absolute atomic E-state index is 12.8. The molecule has 0 heterocycles. The van der Waals surface area contributed by atoms with Gasteiger partial charge in [-0.05, 0) is 118 Å². The Kier molecular flexibility index (Phi) is 17.1. The van der Waals surface area contributed by atoms with Crippen LogP contribution in [0, 0.1) is 0 Å². The van der Waals surface area contributed by atoms with Crippen LogP contribution in [0.4, 0.5) is 11.4 Å². The third kappa shape index (κ3) is 12.7. The number of nitrogens with one attached hydrogen (secondary N) is 2. The molecule has 0 aliphatic heterocycles. The van der Waals surface area contributed by atoms with Crippen LogP contribution in [0.3, 0.4) is 0 Å². The number of hydrogen-bond donors (Lipinski definition) is 2. The number of hydrogen-bond acceptors (Lipinski definition) is 5. The standard InChI is InChI=1S/2C35H37NO2/c1-24(37)26-8-7-9-27(23-26)33(38)22-25-10-12-28(13-11-25)34(2,3)29-14-16-30(17-15-29)35(4,5)31-18-20-32(36-6)21-19-31;1-7-25-8-14-28(15-9-25)34(3,4)29-16-18-30(19-17-29)35(5,6)31-20-22-32(23-21-31)36-33(38)27-12-10-26(11-13-27)24(2)37/h7-21,23,36H,22H2,1-6H3;8-23H,7H2,1-6H3,(H,36,38). The molecule has 0 fully saturated rings. The van der Waals surface area contributed by atoms with E-state index in [4.69, 9.17) is 0 Å². The third-order valence-corrected chi connectivity index (χ3v) is 15.7. The van der Waals surface area contributed by atoms with Crippen LogP contribution in [0.1, 0.15) is 173 Å². The number of aryl methyl sites for hydroxylation is 1. The molecule has 6 nitrogen and oxygen atoms in total. The van der Waals surface area contributed by atoms with Gasteiger partial charge in [0.1, 0.15) is 0 Å². The van der Waals surface area contributed by atoms with Crippen molar-refractivity contribution >= 4 is 34.6 Å². The van der Waals surface area contributed by atoms with Crippen LogP contribution in [-0.2, 0) is 34.5 Å². The first-order chi connectivity index (χ1) is 36.0. The molecule has 0 unspecified atom stereocenters. The van der Waals surface area contributed by atoms with Gasteiger partial charge in [-0.1, -0.05) is 214 Å². The first-order valence-electron chi connectivity index (χ1n) is 26.4. The highest BCUT2D eigenvalue weighted by atomic mass is 16.2. The average molecular weight is 1010 g/mol. The van der Waals surface area contributed by atoms with Crippen molar-refractivity contribution in [2.75, 3.05) is 17.7 Å². The molecular weight excluding hydrogens is 933 g/mol. The maximum atomic E-state index is 12.8. The SMILES string of the molecule is CCc1ccc(C(C)(C)c2ccc(C(C)(C)c3ccc(NC(=O)c4ccc(C(C)=O)cc4)cc3)cc2)cc1.CNc1ccc(C(C)(C)c2ccc(C(C)(C)c3ccc(CC(=O)c4cccc(C(C)=O)c4)cc3)cc2)cc1. The highest BCUT2D eigenvalue weighted by Crippen LogP contribution is 2.38. The quantitative estimate of drug-likeness (QED) is 0.0887. The van der Waals surface area contributed by atoms with Gasteiger partial charge in [0.05, 0.1) is 0 Å². The first-order valence-corrected chi connectivity index (χ1v) is 26.4. The maximum Gasteiger partial charge on any atom is 0.255 e. The van der Waals surface area contributed by atoms with Gasteiger partial charge in [0, 0.05) is 68.8 Å². The fourth-order valence-corrected chi connectivity index (χ4v) is 9.75. The van der Waals surface area contributed by atoms with Gasteiger partial charge >= 0.3 is 0 Å². The molecule has 0 saturated heterocycles. The van der Waals surface area contributed by atoms with Gasteiger partial charge in [-0.15, -0.1) is 0 Å². The van der Waals surface area contributed by atoms with Crippen LogP contribution < -0.4 is 10.6 Å². The van der Waals surface area contributed by atoms with Crippen LogP contribution in [0.2, 0.25) is 0 Å². The minimum Gasteiger partial charge on any atom is -0.388 e. The molecule has 0 atom stereocenters. The number of carbonyl (C=O) groups is 4. The Labute approximate surface area is 452 Å². The van der Waals surface area contributed by atoms with Crippen molar-refractivity contribution in [3.8, 4) is 0 Å². The molecule has 0 radical (unpaired) electrons. The van der Waals surface area contributed by atoms with E-state index in [1.165, 1.54) is 63.9 Å². The lowest BCUT2D eigenvalue weighted by atomic mass is 9.74. The average Bonchev–Trinajstić information content (AvgIpc) is 3.44. The molecule has 388 valence electrons. The number of rotatable bonds is 17. The smallest absolute Gasteiger partial charge is 0.255 e. The van der Waals surface area contributed by atoms with Gasteiger partial charge in [0.25, 0.3) is 5.91 Å². The summed E-state index contributed by atoms with van der Waals surface area (Å²) < 4.78 is 0. The predicted octanol–water partition coefficient (Wildman–Crippen LogP) is 16.4. The lowest BCUT2D eigenvalue weighted by Gasteiger charge is -2.29.